The van der Waals surface area contributed by atoms with E-state index in [0.717, 1.165) is 0 Å². The Labute approximate surface area is 76.0 Å². The Bertz CT molecular complexity index is 261. The van der Waals surface area contributed by atoms with E-state index in [4.69, 9.17) is 10.8 Å². The van der Waals surface area contributed by atoms with Crippen molar-refractivity contribution >= 4 is 11.7 Å². The molecule has 0 atom stereocenters. The first-order chi connectivity index (χ1) is 5.18. The molecule has 0 radical (unpaired) electrons. The molecule has 0 saturated carbocycles. The first-order valence-electron chi connectivity index (χ1n) is 3.15. The van der Waals surface area contributed by atoms with Gasteiger partial charge in [-0.2, -0.15) is 4.57 Å². The lowest BCUT2D eigenvalue weighted by molar-refractivity contribution is -0.685. The van der Waals surface area contributed by atoms with Crippen molar-refractivity contribution in [2.24, 2.45) is 0 Å². The Hall–Kier alpha value is -1.29. The van der Waals surface area contributed by atoms with E-state index >= 15 is 0 Å². The van der Waals surface area contributed by atoms with Gasteiger partial charge in [0, 0.05) is 17.8 Å². The third-order valence-electron chi connectivity index (χ3n) is 1.23. The van der Waals surface area contributed by atoms with E-state index in [1.54, 1.807) is 29.1 Å². The quantitative estimate of drug-likeness (QED) is 0.477. The van der Waals surface area contributed by atoms with Gasteiger partial charge in [-0.1, -0.05) is 0 Å². The zero-order valence-electron chi connectivity index (χ0n) is 6.27. The number of nitrogens with zero attached hydrogens (tertiary/aromatic N) is 1. The topological polar surface area (TPSA) is 67.2 Å². The minimum absolute atomic E-state index is 0. The van der Waals surface area contributed by atoms with Crippen molar-refractivity contribution in [2.75, 3.05) is 5.73 Å². The molecule has 0 aliphatic rings. The fourth-order valence-electron chi connectivity index (χ4n) is 0.730. The normalized spacial score (nSPS) is 8.67. The molecule has 1 aromatic rings. The molecule has 0 amide bonds. The van der Waals surface area contributed by atoms with Crippen LogP contribution in [0.25, 0.3) is 0 Å². The molecular formula is C7H9ClN2O2. The molecule has 0 saturated heterocycles. The van der Waals surface area contributed by atoms with E-state index in [1.807, 2.05) is 0 Å². The highest BCUT2D eigenvalue weighted by Gasteiger charge is 2.04. The lowest BCUT2D eigenvalue weighted by atomic mass is 10.4. The predicted octanol–water partition coefficient (Wildman–Crippen LogP) is -3.36. The average Bonchev–Trinajstić information content (AvgIpc) is 1.93. The molecule has 0 spiro atoms. The van der Waals surface area contributed by atoms with Crippen LogP contribution in [0.2, 0.25) is 0 Å². The molecule has 0 aliphatic carbocycles. The van der Waals surface area contributed by atoms with Crippen LogP contribution in [-0.4, -0.2) is 11.1 Å². The van der Waals surface area contributed by atoms with Gasteiger partial charge in [-0.15, -0.1) is 0 Å². The van der Waals surface area contributed by atoms with Crippen molar-refractivity contribution in [3.63, 3.8) is 0 Å². The summed E-state index contributed by atoms with van der Waals surface area (Å²) in [5.74, 6) is -0.861. The largest absolute Gasteiger partial charge is 1.00 e. The van der Waals surface area contributed by atoms with Gasteiger partial charge in [-0.3, -0.25) is 0 Å². The maximum absolute atomic E-state index is 10.2. The van der Waals surface area contributed by atoms with E-state index in [2.05, 4.69) is 0 Å². The maximum atomic E-state index is 10.2. The van der Waals surface area contributed by atoms with Crippen LogP contribution in [-0.2, 0) is 11.3 Å². The second-order valence-electron chi connectivity index (χ2n) is 2.20. The highest BCUT2D eigenvalue weighted by atomic mass is 35.5. The molecule has 0 aliphatic heterocycles. The first-order valence-corrected chi connectivity index (χ1v) is 3.15. The van der Waals surface area contributed by atoms with E-state index in [-0.39, 0.29) is 19.0 Å². The van der Waals surface area contributed by atoms with Crippen molar-refractivity contribution in [3.8, 4) is 0 Å². The summed E-state index contributed by atoms with van der Waals surface area (Å²) in [6.45, 7) is -0.0275. The Morgan fingerprint density at radius 1 is 1.50 bits per heavy atom. The van der Waals surface area contributed by atoms with Gasteiger partial charge in [-0.25, -0.2) is 4.79 Å². The van der Waals surface area contributed by atoms with Crippen LogP contribution in [0, 0.1) is 0 Å². The number of nitrogen functional groups attached to an aromatic ring is 1. The Kier molecular flexibility index (Phi) is 4.07. The van der Waals surface area contributed by atoms with E-state index < -0.39 is 5.97 Å². The summed E-state index contributed by atoms with van der Waals surface area (Å²) in [6, 6.07) is 3.31. The molecule has 5 heteroatoms. The van der Waals surface area contributed by atoms with Crippen LogP contribution in [0.1, 0.15) is 0 Å². The Morgan fingerprint density at radius 3 is 2.42 bits per heavy atom. The standard InChI is InChI=1S/C7H8N2O2.ClH/c8-6-1-3-9(4-2-6)5-7(10)11;/h1-4,8H,5H2,(H,10,11);1H. The lowest BCUT2D eigenvalue weighted by Gasteiger charge is -1.91. The Balaban J connectivity index is 0.00000121. The fraction of sp³-hybridized carbons (Fsp3) is 0.143. The molecule has 1 heterocycles. The number of aromatic nitrogens is 1. The van der Waals surface area contributed by atoms with Gasteiger partial charge in [0.15, 0.2) is 12.4 Å². The number of rotatable bonds is 2. The lowest BCUT2D eigenvalue weighted by Crippen LogP contribution is -3.00. The number of carboxylic acids is 1. The fourth-order valence-corrected chi connectivity index (χ4v) is 0.730. The second kappa shape index (κ2) is 4.56. The van der Waals surface area contributed by atoms with Gasteiger partial charge in [0.2, 0.25) is 6.54 Å². The molecule has 4 nitrogen and oxygen atoms in total. The Morgan fingerprint density at radius 2 is 2.00 bits per heavy atom. The zero-order chi connectivity index (χ0) is 8.27. The summed E-state index contributed by atoms with van der Waals surface area (Å²) in [7, 11) is 0. The van der Waals surface area contributed by atoms with Gasteiger partial charge in [0.25, 0.3) is 0 Å². The highest BCUT2D eigenvalue weighted by molar-refractivity contribution is 5.64. The van der Waals surface area contributed by atoms with Gasteiger partial charge >= 0.3 is 5.97 Å². The number of hydrogen-bond donors (Lipinski definition) is 2. The van der Waals surface area contributed by atoms with Crippen molar-refractivity contribution in [1.29, 1.82) is 0 Å². The molecule has 0 fully saturated rings. The van der Waals surface area contributed by atoms with Crippen molar-refractivity contribution in [1.82, 2.24) is 0 Å². The third kappa shape index (κ3) is 3.21. The van der Waals surface area contributed by atoms with Gasteiger partial charge in [-0.05, 0) is 0 Å². The molecule has 66 valence electrons. The van der Waals surface area contributed by atoms with Crippen molar-refractivity contribution in [2.45, 2.75) is 6.54 Å². The number of anilines is 1. The second-order valence-corrected chi connectivity index (χ2v) is 2.20. The van der Waals surface area contributed by atoms with Crippen LogP contribution < -0.4 is 22.7 Å². The average molecular weight is 189 g/mol. The van der Waals surface area contributed by atoms with Crippen LogP contribution in [0.5, 0.6) is 0 Å². The summed E-state index contributed by atoms with van der Waals surface area (Å²) < 4.78 is 1.54. The number of aliphatic carboxylic acids is 1. The minimum atomic E-state index is -0.861. The SMILES string of the molecule is Nc1cc[n+](CC(=O)O)cc1.[Cl-]. The summed E-state index contributed by atoms with van der Waals surface area (Å²) in [5, 5.41) is 8.38. The van der Waals surface area contributed by atoms with E-state index in [0.29, 0.717) is 5.69 Å². The molecular weight excluding hydrogens is 180 g/mol. The highest BCUT2D eigenvalue weighted by Crippen LogP contribution is 1.92. The number of carboxylic acid groups (broad SMARTS) is 1. The molecule has 3 N–H and O–H groups in total. The molecule has 1 aromatic heterocycles. The molecule has 12 heavy (non-hydrogen) atoms. The number of hydrogen-bond acceptors (Lipinski definition) is 2. The molecule has 0 aromatic carbocycles. The van der Waals surface area contributed by atoms with Crippen LogP contribution in [0.3, 0.4) is 0 Å². The smallest absolute Gasteiger partial charge is 0.370 e. The zero-order valence-corrected chi connectivity index (χ0v) is 7.03. The number of nitrogens with two attached hydrogens (primary N) is 1. The summed E-state index contributed by atoms with van der Waals surface area (Å²) in [4.78, 5) is 10.2. The van der Waals surface area contributed by atoms with Crippen molar-refractivity contribution in [3.05, 3.63) is 24.5 Å². The van der Waals surface area contributed by atoms with Gasteiger partial charge in [0.05, 0.1) is 0 Å². The minimum Gasteiger partial charge on any atom is -1.00 e. The summed E-state index contributed by atoms with van der Waals surface area (Å²) in [6.07, 6.45) is 3.26. The van der Waals surface area contributed by atoms with E-state index in [1.165, 1.54) is 0 Å². The van der Waals surface area contributed by atoms with Gasteiger partial charge < -0.3 is 23.2 Å². The van der Waals surface area contributed by atoms with Crippen LogP contribution in [0.4, 0.5) is 5.69 Å². The van der Waals surface area contributed by atoms with Crippen LogP contribution >= 0.6 is 0 Å². The van der Waals surface area contributed by atoms with E-state index in [9.17, 15) is 4.79 Å². The van der Waals surface area contributed by atoms with Crippen molar-refractivity contribution < 1.29 is 26.9 Å². The van der Waals surface area contributed by atoms with Gasteiger partial charge in [0.1, 0.15) is 0 Å². The molecule has 0 unspecified atom stereocenters. The monoisotopic (exact) mass is 188 g/mol. The molecule has 1 rings (SSSR count). The number of halogens is 1. The summed E-state index contributed by atoms with van der Waals surface area (Å²) >= 11 is 0. The third-order valence-corrected chi connectivity index (χ3v) is 1.23. The maximum Gasteiger partial charge on any atom is 0.370 e. The predicted molar refractivity (Wildman–Crippen MR) is 38.7 cm³/mol. The van der Waals surface area contributed by atoms with Crippen LogP contribution in [0.15, 0.2) is 24.5 Å². The first kappa shape index (κ1) is 10.7. The summed E-state index contributed by atoms with van der Waals surface area (Å²) in [5.41, 5.74) is 6.03. The number of pyridine rings is 1. The number of carbonyl (C=O) groups is 1. The molecule has 0 bridgehead atoms.